The fourth-order valence-electron chi connectivity index (χ4n) is 5.03. The molecule has 7 heteroatoms. The molecule has 4 rings (SSSR count). The summed E-state index contributed by atoms with van der Waals surface area (Å²) in [5.41, 5.74) is 2.27. The van der Waals surface area contributed by atoms with Crippen LogP contribution in [0.5, 0.6) is 11.5 Å². The van der Waals surface area contributed by atoms with Gasteiger partial charge in [0.2, 0.25) is 0 Å². The van der Waals surface area contributed by atoms with E-state index in [0.29, 0.717) is 48.8 Å². The number of aliphatic hydroxyl groups is 1. The maximum absolute atomic E-state index is 13.4. The number of benzene rings is 3. The van der Waals surface area contributed by atoms with Crippen LogP contribution in [-0.4, -0.2) is 59.4 Å². The summed E-state index contributed by atoms with van der Waals surface area (Å²) in [6, 6.07) is 23.4. The van der Waals surface area contributed by atoms with Gasteiger partial charge in [-0.2, -0.15) is 0 Å². The normalized spacial score (nSPS) is 16.5. The van der Waals surface area contributed by atoms with Crippen molar-refractivity contribution in [2.75, 3.05) is 32.8 Å². The van der Waals surface area contributed by atoms with Gasteiger partial charge >= 0.3 is 0 Å². The molecular weight excluding hydrogens is 504 g/mol. The quantitative estimate of drug-likeness (QED) is 0.167. The fourth-order valence-corrected chi connectivity index (χ4v) is 5.03. The molecule has 210 valence electrons. The van der Waals surface area contributed by atoms with Crippen molar-refractivity contribution in [3.63, 3.8) is 0 Å². The number of likely N-dealkylation sites (tertiary alicyclic amines) is 1. The first-order chi connectivity index (χ1) is 19.5. The number of nitrogens with zero attached hydrogens (tertiary/aromatic N) is 2. The number of ether oxygens (including phenoxy) is 2. The molecule has 1 atom stereocenters. The molecule has 1 unspecified atom stereocenters. The summed E-state index contributed by atoms with van der Waals surface area (Å²) >= 11 is 0. The van der Waals surface area contributed by atoms with E-state index in [1.54, 1.807) is 29.2 Å². The number of hydrogen-bond acceptors (Lipinski definition) is 6. The van der Waals surface area contributed by atoms with E-state index in [4.69, 9.17) is 9.47 Å². The number of hydrogen-bond donors (Lipinski definition) is 1. The molecule has 0 saturated carbocycles. The van der Waals surface area contributed by atoms with Crippen LogP contribution in [0.2, 0.25) is 0 Å². The van der Waals surface area contributed by atoms with Crippen molar-refractivity contribution in [1.82, 2.24) is 9.80 Å². The van der Waals surface area contributed by atoms with Gasteiger partial charge in [0.05, 0.1) is 18.2 Å². The van der Waals surface area contributed by atoms with Crippen molar-refractivity contribution in [3.05, 3.63) is 101 Å². The molecule has 40 heavy (non-hydrogen) atoms. The van der Waals surface area contributed by atoms with E-state index in [1.807, 2.05) is 61.5 Å². The molecule has 1 N–H and O–H groups in total. The molecule has 0 bridgehead atoms. The molecule has 0 spiro atoms. The topological polar surface area (TPSA) is 79.3 Å². The van der Waals surface area contributed by atoms with E-state index in [1.165, 1.54) is 0 Å². The summed E-state index contributed by atoms with van der Waals surface area (Å²) in [5, 5.41) is 11.3. The fraction of sp³-hybridized carbons (Fsp3) is 0.333. The highest BCUT2D eigenvalue weighted by Crippen LogP contribution is 2.42. The number of carbonyl (C=O) groups is 2. The van der Waals surface area contributed by atoms with E-state index in [-0.39, 0.29) is 11.3 Å². The Hall–Kier alpha value is -4.10. The first kappa shape index (κ1) is 28.9. The maximum Gasteiger partial charge on any atom is 0.295 e. The Labute approximate surface area is 236 Å². The second-order valence-electron chi connectivity index (χ2n) is 9.65. The predicted octanol–water partition coefficient (Wildman–Crippen LogP) is 5.82. The van der Waals surface area contributed by atoms with Crippen molar-refractivity contribution >= 4 is 17.4 Å². The third-order valence-electron chi connectivity index (χ3n) is 7.18. The van der Waals surface area contributed by atoms with Crippen LogP contribution in [0.3, 0.4) is 0 Å². The largest absolute Gasteiger partial charge is 0.507 e. The average molecular weight is 543 g/mol. The predicted molar refractivity (Wildman–Crippen MR) is 156 cm³/mol. The van der Waals surface area contributed by atoms with E-state index < -0.39 is 17.7 Å². The van der Waals surface area contributed by atoms with Gasteiger partial charge in [-0.1, -0.05) is 80.6 Å². The van der Waals surface area contributed by atoms with Crippen LogP contribution in [0.15, 0.2) is 84.4 Å². The molecule has 1 aliphatic heterocycles. The third kappa shape index (κ3) is 6.54. The number of Topliss-reactive ketones (excluding diaryl/α,β-unsaturated/α-hetero) is 1. The molecule has 1 fully saturated rings. The number of carbonyl (C=O) groups excluding carboxylic acids is 2. The summed E-state index contributed by atoms with van der Waals surface area (Å²) in [4.78, 5) is 30.6. The standard InChI is InChI=1S/C33H38N2O5/c1-4-34(5-2)20-13-21-35-30(29(32(37)33(35)38)31(36)25-16-11-8-12-17-25)26-18-19-27(28(22-26)39-6-3)40-23-24-14-9-7-10-15-24/h7-12,14-19,22,30,36H,4-6,13,20-21,23H2,1-3H3/b31-29+. The zero-order chi connectivity index (χ0) is 28.5. The van der Waals surface area contributed by atoms with Crippen LogP contribution in [0.4, 0.5) is 0 Å². The van der Waals surface area contributed by atoms with Crippen LogP contribution < -0.4 is 9.47 Å². The van der Waals surface area contributed by atoms with Crippen LogP contribution in [-0.2, 0) is 16.2 Å². The lowest BCUT2D eigenvalue weighted by molar-refractivity contribution is -0.140. The van der Waals surface area contributed by atoms with Gasteiger partial charge < -0.3 is 24.4 Å². The lowest BCUT2D eigenvalue weighted by atomic mass is 9.95. The lowest BCUT2D eigenvalue weighted by Gasteiger charge is -2.27. The zero-order valence-electron chi connectivity index (χ0n) is 23.5. The van der Waals surface area contributed by atoms with Crippen molar-refractivity contribution < 1.29 is 24.2 Å². The minimum Gasteiger partial charge on any atom is -0.507 e. The van der Waals surface area contributed by atoms with Gasteiger partial charge in [0, 0.05) is 12.1 Å². The highest BCUT2D eigenvalue weighted by Gasteiger charge is 2.46. The van der Waals surface area contributed by atoms with E-state index in [2.05, 4.69) is 18.7 Å². The summed E-state index contributed by atoms with van der Waals surface area (Å²) < 4.78 is 12.0. The molecule has 1 saturated heterocycles. The summed E-state index contributed by atoms with van der Waals surface area (Å²) in [6.45, 7) is 9.90. The van der Waals surface area contributed by atoms with Gasteiger partial charge in [-0.25, -0.2) is 0 Å². The van der Waals surface area contributed by atoms with Gasteiger partial charge in [0.25, 0.3) is 11.7 Å². The van der Waals surface area contributed by atoms with E-state index in [9.17, 15) is 14.7 Å². The van der Waals surface area contributed by atoms with Crippen molar-refractivity contribution in [3.8, 4) is 11.5 Å². The summed E-state index contributed by atoms with van der Waals surface area (Å²) in [7, 11) is 0. The maximum atomic E-state index is 13.4. The van der Waals surface area contributed by atoms with E-state index >= 15 is 0 Å². The van der Waals surface area contributed by atoms with Gasteiger partial charge in [0.15, 0.2) is 11.5 Å². The Morgan fingerprint density at radius 3 is 2.20 bits per heavy atom. The molecule has 1 amide bonds. The molecule has 0 aromatic heterocycles. The van der Waals surface area contributed by atoms with Crippen LogP contribution in [0.1, 0.15) is 49.9 Å². The zero-order valence-corrected chi connectivity index (χ0v) is 23.5. The minimum atomic E-state index is -0.751. The van der Waals surface area contributed by atoms with Crippen LogP contribution in [0.25, 0.3) is 5.76 Å². The Morgan fingerprint density at radius 2 is 1.55 bits per heavy atom. The monoisotopic (exact) mass is 542 g/mol. The van der Waals surface area contributed by atoms with Gasteiger partial charge in [-0.3, -0.25) is 9.59 Å². The Balaban J connectivity index is 1.72. The molecule has 7 nitrogen and oxygen atoms in total. The number of ketones is 1. The Kier molecular flexibility index (Phi) is 9.97. The Morgan fingerprint density at radius 1 is 0.875 bits per heavy atom. The van der Waals surface area contributed by atoms with Crippen LogP contribution in [0, 0.1) is 0 Å². The molecule has 0 aliphatic carbocycles. The smallest absolute Gasteiger partial charge is 0.295 e. The van der Waals surface area contributed by atoms with Gasteiger partial charge in [0.1, 0.15) is 12.4 Å². The third-order valence-corrected chi connectivity index (χ3v) is 7.18. The van der Waals surface area contributed by atoms with Gasteiger partial charge in [-0.05, 0) is 56.2 Å². The van der Waals surface area contributed by atoms with Crippen molar-refractivity contribution in [2.45, 2.75) is 39.8 Å². The first-order valence-corrected chi connectivity index (χ1v) is 14.0. The molecule has 0 radical (unpaired) electrons. The second kappa shape index (κ2) is 13.8. The number of amides is 1. The van der Waals surface area contributed by atoms with Gasteiger partial charge in [-0.15, -0.1) is 0 Å². The Bertz CT molecular complexity index is 1320. The minimum absolute atomic E-state index is 0.0828. The van der Waals surface area contributed by atoms with Crippen LogP contribution >= 0.6 is 0 Å². The number of aliphatic hydroxyl groups excluding tert-OH is 1. The lowest BCUT2D eigenvalue weighted by Crippen LogP contribution is -2.33. The first-order valence-electron chi connectivity index (χ1n) is 14.0. The number of rotatable bonds is 13. The highest BCUT2D eigenvalue weighted by molar-refractivity contribution is 6.46. The second-order valence-corrected chi connectivity index (χ2v) is 9.65. The molecule has 3 aromatic rings. The van der Waals surface area contributed by atoms with Crippen molar-refractivity contribution in [1.29, 1.82) is 0 Å². The molecular formula is C33H38N2O5. The SMILES string of the molecule is CCOc1cc(C2/C(=C(\O)c3ccccc3)C(=O)C(=O)N2CCCN(CC)CC)ccc1OCc1ccccc1. The average Bonchev–Trinajstić information content (AvgIpc) is 3.24. The molecule has 1 heterocycles. The van der Waals surface area contributed by atoms with Crippen molar-refractivity contribution in [2.24, 2.45) is 0 Å². The summed E-state index contributed by atoms with van der Waals surface area (Å²) in [5.74, 6) is -0.390. The molecule has 1 aliphatic rings. The highest BCUT2D eigenvalue weighted by atomic mass is 16.5. The molecule has 3 aromatic carbocycles. The summed E-state index contributed by atoms with van der Waals surface area (Å²) in [6.07, 6.45) is 0.702. The van der Waals surface area contributed by atoms with E-state index in [0.717, 1.165) is 25.2 Å².